The molecular weight excluding hydrogens is 424 g/mol. The van der Waals surface area contributed by atoms with Crippen LogP contribution >= 0.6 is 11.3 Å². The molecule has 0 aliphatic carbocycles. The van der Waals surface area contributed by atoms with Crippen LogP contribution in [0, 0.1) is 0 Å². The number of amides is 3. The van der Waals surface area contributed by atoms with E-state index in [9.17, 15) is 14.4 Å². The Balaban J connectivity index is 1.31. The van der Waals surface area contributed by atoms with Crippen LogP contribution in [0.4, 0.5) is 15.6 Å². The molecule has 2 N–H and O–H groups in total. The summed E-state index contributed by atoms with van der Waals surface area (Å²) < 4.78 is 16.0. The third-order valence-electron chi connectivity index (χ3n) is 4.70. The van der Waals surface area contributed by atoms with E-state index in [1.54, 1.807) is 35.4 Å². The average Bonchev–Trinajstić information content (AvgIpc) is 3.33. The molecule has 1 aromatic heterocycles. The molecule has 2 aromatic rings. The highest BCUT2D eigenvalue weighted by Crippen LogP contribution is 2.35. The number of nitrogens with one attached hydrogen (secondary N) is 2. The van der Waals surface area contributed by atoms with Crippen LogP contribution in [0.25, 0.3) is 0 Å². The minimum atomic E-state index is -0.459. The Bertz CT molecular complexity index is 994. The van der Waals surface area contributed by atoms with E-state index in [0.29, 0.717) is 54.4 Å². The van der Waals surface area contributed by atoms with Crippen molar-refractivity contribution in [1.82, 2.24) is 10.3 Å². The predicted molar refractivity (Wildman–Crippen MR) is 113 cm³/mol. The van der Waals surface area contributed by atoms with Gasteiger partial charge in [0.05, 0.1) is 24.8 Å². The van der Waals surface area contributed by atoms with Gasteiger partial charge in [0, 0.05) is 30.1 Å². The van der Waals surface area contributed by atoms with E-state index >= 15 is 0 Å². The number of anilines is 2. The van der Waals surface area contributed by atoms with Crippen molar-refractivity contribution < 1.29 is 28.6 Å². The van der Waals surface area contributed by atoms with Crippen molar-refractivity contribution in [1.29, 1.82) is 0 Å². The maximum Gasteiger partial charge on any atom is 0.321 e. The largest absolute Gasteiger partial charge is 0.486 e. The molecule has 0 radical (unpaired) electrons. The third kappa shape index (κ3) is 5.05. The fraction of sp³-hybridized carbons (Fsp3) is 0.400. The van der Waals surface area contributed by atoms with Crippen LogP contribution in [-0.4, -0.2) is 55.3 Å². The van der Waals surface area contributed by atoms with Crippen molar-refractivity contribution in [2.75, 3.05) is 36.6 Å². The Morgan fingerprint density at radius 3 is 2.90 bits per heavy atom. The van der Waals surface area contributed by atoms with Gasteiger partial charge >= 0.3 is 12.0 Å². The number of hydrogen-bond acceptors (Lipinski definition) is 8. The smallest absolute Gasteiger partial charge is 0.321 e. The summed E-state index contributed by atoms with van der Waals surface area (Å²) in [6.07, 6.45) is 0.239. The van der Waals surface area contributed by atoms with E-state index in [0.717, 1.165) is 0 Å². The first kappa shape index (κ1) is 20.9. The second-order valence-corrected chi connectivity index (χ2v) is 7.82. The molecule has 0 spiro atoms. The number of carbonyl (C=O) groups is 3. The number of nitrogens with zero attached hydrogens (tertiary/aromatic N) is 2. The van der Waals surface area contributed by atoms with Crippen LogP contribution in [0.15, 0.2) is 23.6 Å². The predicted octanol–water partition coefficient (Wildman–Crippen LogP) is 1.95. The lowest BCUT2D eigenvalue weighted by atomic mass is 10.2. The summed E-state index contributed by atoms with van der Waals surface area (Å²) in [7, 11) is 0. The first-order valence-corrected chi connectivity index (χ1v) is 10.8. The van der Waals surface area contributed by atoms with Gasteiger partial charge in [-0.05, 0) is 19.1 Å². The normalized spacial score (nSPS) is 17.4. The standard InChI is InChI=1S/C20H22N4O6S/c1-2-28-18(26)8-13-11-31-20(22-13)23-19(27)21-12-7-17(25)24(10-12)14-3-4-15-16(9-14)30-6-5-29-15/h3-4,9,11-12H,2,5-8,10H2,1H3,(H2,21,22,23,27). The molecule has 0 bridgehead atoms. The van der Waals surface area contributed by atoms with Crippen LogP contribution in [0.3, 0.4) is 0 Å². The number of fused-ring (bicyclic) bond motifs is 1. The van der Waals surface area contributed by atoms with Gasteiger partial charge in [-0.3, -0.25) is 14.9 Å². The third-order valence-corrected chi connectivity index (χ3v) is 5.51. The molecule has 3 heterocycles. The maximum absolute atomic E-state index is 12.5. The lowest BCUT2D eigenvalue weighted by molar-refractivity contribution is -0.142. The van der Waals surface area contributed by atoms with Crippen LogP contribution in [0.5, 0.6) is 11.5 Å². The fourth-order valence-corrected chi connectivity index (χ4v) is 4.08. The number of aromatic nitrogens is 1. The maximum atomic E-state index is 12.5. The summed E-state index contributed by atoms with van der Waals surface area (Å²) in [6.45, 7) is 3.35. The molecule has 2 aliphatic rings. The molecule has 1 aromatic carbocycles. The molecular formula is C20H22N4O6S. The van der Waals surface area contributed by atoms with Crippen molar-refractivity contribution in [3.63, 3.8) is 0 Å². The van der Waals surface area contributed by atoms with E-state index in [4.69, 9.17) is 14.2 Å². The lowest BCUT2D eigenvalue weighted by Crippen LogP contribution is -2.39. The summed E-state index contributed by atoms with van der Waals surface area (Å²) >= 11 is 1.21. The van der Waals surface area contributed by atoms with E-state index in [1.165, 1.54) is 11.3 Å². The van der Waals surface area contributed by atoms with Gasteiger partial charge in [-0.15, -0.1) is 11.3 Å². The van der Waals surface area contributed by atoms with E-state index in [2.05, 4.69) is 15.6 Å². The topological polar surface area (TPSA) is 119 Å². The first-order chi connectivity index (χ1) is 15.0. The summed E-state index contributed by atoms with van der Waals surface area (Å²) in [5.74, 6) is 0.801. The fourth-order valence-electron chi connectivity index (χ4n) is 3.38. The highest BCUT2D eigenvalue weighted by molar-refractivity contribution is 7.13. The van der Waals surface area contributed by atoms with Crippen molar-refractivity contribution >= 4 is 40.1 Å². The monoisotopic (exact) mass is 446 g/mol. The van der Waals surface area contributed by atoms with Gasteiger partial charge in [0.25, 0.3) is 0 Å². The Morgan fingerprint density at radius 2 is 2.10 bits per heavy atom. The summed E-state index contributed by atoms with van der Waals surface area (Å²) in [4.78, 5) is 42.2. The van der Waals surface area contributed by atoms with Crippen molar-refractivity contribution in [2.45, 2.75) is 25.8 Å². The molecule has 0 saturated carbocycles. The second kappa shape index (κ2) is 9.21. The number of ether oxygens (including phenoxy) is 3. The molecule has 2 aliphatic heterocycles. The van der Waals surface area contributed by atoms with Crippen LogP contribution in [0.2, 0.25) is 0 Å². The summed E-state index contributed by atoms with van der Waals surface area (Å²) in [6, 6.07) is 4.55. The van der Waals surface area contributed by atoms with Crippen LogP contribution in [-0.2, 0) is 20.7 Å². The Morgan fingerprint density at radius 1 is 1.29 bits per heavy atom. The van der Waals surface area contributed by atoms with Crippen LogP contribution < -0.4 is 25.0 Å². The zero-order chi connectivity index (χ0) is 21.8. The summed E-state index contributed by atoms with van der Waals surface area (Å²) in [5.41, 5.74) is 1.22. The Kier molecular flexibility index (Phi) is 6.21. The Hall–Kier alpha value is -3.34. The second-order valence-electron chi connectivity index (χ2n) is 6.96. The van der Waals surface area contributed by atoms with Gasteiger partial charge in [0.15, 0.2) is 16.6 Å². The van der Waals surface area contributed by atoms with E-state index < -0.39 is 6.03 Å². The number of benzene rings is 1. The number of thiazole rings is 1. The van der Waals surface area contributed by atoms with Crippen molar-refractivity contribution in [3.05, 3.63) is 29.3 Å². The van der Waals surface area contributed by atoms with Crippen molar-refractivity contribution in [2.24, 2.45) is 0 Å². The zero-order valence-corrected chi connectivity index (χ0v) is 17.7. The molecule has 4 rings (SSSR count). The minimum absolute atomic E-state index is 0.0509. The average molecular weight is 446 g/mol. The Labute approximate surface area is 182 Å². The number of esters is 1. The van der Waals surface area contributed by atoms with Gasteiger partial charge in [0.2, 0.25) is 5.91 Å². The summed E-state index contributed by atoms with van der Waals surface area (Å²) in [5, 5.41) is 7.50. The van der Waals surface area contributed by atoms with Gasteiger partial charge in [-0.2, -0.15) is 0 Å². The molecule has 164 valence electrons. The van der Waals surface area contributed by atoms with E-state index in [-0.39, 0.29) is 30.8 Å². The molecule has 1 unspecified atom stereocenters. The minimum Gasteiger partial charge on any atom is -0.486 e. The molecule has 10 nitrogen and oxygen atoms in total. The van der Waals surface area contributed by atoms with E-state index in [1.807, 2.05) is 0 Å². The van der Waals surface area contributed by atoms with Crippen LogP contribution in [0.1, 0.15) is 19.0 Å². The highest BCUT2D eigenvalue weighted by atomic mass is 32.1. The molecule has 11 heteroatoms. The first-order valence-electron chi connectivity index (χ1n) is 9.89. The number of hydrogen-bond donors (Lipinski definition) is 2. The quantitative estimate of drug-likeness (QED) is 0.651. The lowest BCUT2D eigenvalue weighted by Gasteiger charge is -2.22. The number of urea groups is 1. The van der Waals surface area contributed by atoms with Gasteiger partial charge < -0.3 is 24.4 Å². The number of carbonyl (C=O) groups excluding carboxylic acids is 3. The SMILES string of the molecule is CCOC(=O)Cc1csc(NC(=O)NC2CC(=O)N(c3ccc4c(c3)OCCO4)C2)n1. The van der Waals surface area contributed by atoms with Gasteiger partial charge in [-0.1, -0.05) is 0 Å². The number of rotatable bonds is 6. The zero-order valence-electron chi connectivity index (χ0n) is 16.9. The van der Waals surface area contributed by atoms with Crippen molar-refractivity contribution in [3.8, 4) is 11.5 Å². The molecule has 3 amide bonds. The van der Waals surface area contributed by atoms with Gasteiger partial charge in [0.1, 0.15) is 13.2 Å². The molecule has 1 atom stereocenters. The highest BCUT2D eigenvalue weighted by Gasteiger charge is 2.32. The molecule has 1 fully saturated rings. The molecule has 1 saturated heterocycles. The van der Waals surface area contributed by atoms with Gasteiger partial charge in [-0.25, -0.2) is 9.78 Å². The molecule has 31 heavy (non-hydrogen) atoms.